The van der Waals surface area contributed by atoms with Gasteiger partial charge in [0.05, 0.1) is 23.7 Å². The Hall–Kier alpha value is -0.940. The Morgan fingerprint density at radius 1 is 1.65 bits per heavy atom. The maximum absolute atomic E-state index is 11.6. The van der Waals surface area contributed by atoms with Crippen LogP contribution < -0.4 is 0 Å². The fourth-order valence-corrected chi connectivity index (χ4v) is 2.34. The van der Waals surface area contributed by atoms with Gasteiger partial charge in [0.1, 0.15) is 6.10 Å². The van der Waals surface area contributed by atoms with Gasteiger partial charge in [-0.1, -0.05) is 19.8 Å². The third kappa shape index (κ3) is 3.78. The smallest absolute Gasteiger partial charge is 0.311 e. The summed E-state index contributed by atoms with van der Waals surface area (Å²) in [6.07, 6.45) is 1.64. The summed E-state index contributed by atoms with van der Waals surface area (Å²) >= 11 is 1.47. The van der Waals surface area contributed by atoms with E-state index in [9.17, 15) is 9.90 Å². The Bertz CT molecular complexity index is 364. The molecule has 0 aliphatic heterocycles. The molecule has 0 bridgehead atoms. The Morgan fingerprint density at radius 3 is 2.82 bits per heavy atom. The number of ether oxygens (including phenoxy) is 1. The van der Waals surface area contributed by atoms with Gasteiger partial charge in [-0.15, -0.1) is 11.3 Å². The number of aromatic nitrogens is 1. The van der Waals surface area contributed by atoms with Crippen LogP contribution in [0.5, 0.6) is 0 Å². The van der Waals surface area contributed by atoms with Crippen molar-refractivity contribution in [1.82, 2.24) is 4.98 Å². The second-order valence-corrected chi connectivity index (χ2v) is 5.07. The van der Waals surface area contributed by atoms with Crippen molar-refractivity contribution >= 4 is 17.3 Å². The molecule has 0 spiro atoms. The minimum atomic E-state index is -0.862. The van der Waals surface area contributed by atoms with E-state index in [1.165, 1.54) is 18.4 Å². The van der Waals surface area contributed by atoms with Crippen LogP contribution in [-0.2, 0) is 9.53 Å². The van der Waals surface area contributed by atoms with Crippen molar-refractivity contribution in [2.24, 2.45) is 5.92 Å². The summed E-state index contributed by atoms with van der Waals surface area (Å²) in [6.45, 7) is 3.92. The summed E-state index contributed by atoms with van der Waals surface area (Å²) in [5.74, 6) is -0.877. The lowest BCUT2D eigenvalue weighted by Gasteiger charge is -2.18. The largest absolute Gasteiger partial charge is 0.469 e. The average Bonchev–Trinajstić information content (AvgIpc) is 2.75. The SMILES string of the molecule is CCCCC(C(=O)OC)C(O)c1csc(C)n1. The molecule has 2 unspecified atom stereocenters. The van der Waals surface area contributed by atoms with Gasteiger partial charge in [-0.3, -0.25) is 4.79 Å². The number of unbranched alkanes of at least 4 members (excludes halogenated alkanes) is 1. The van der Waals surface area contributed by atoms with Crippen molar-refractivity contribution in [3.8, 4) is 0 Å². The van der Waals surface area contributed by atoms with Crippen molar-refractivity contribution in [2.45, 2.75) is 39.2 Å². The molecule has 1 aromatic rings. The summed E-state index contributed by atoms with van der Waals surface area (Å²) in [7, 11) is 1.35. The lowest BCUT2D eigenvalue weighted by atomic mass is 9.94. The molecule has 17 heavy (non-hydrogen) atoms. The predicted molar refractivity (Wildman–Crippen MR) is 66.8 cm³/mol. The number of rotatable bonds is 6. The summed E-state index contributed by atoms with van der Waals surface area (Å²) < 4.78 is 4.74. The Balaban J connectivity index is 2.78. The van der Waals surface area contributed by atoms with Crippen LogP contribution in [0.3, 0.4) is 0 Å². The van der Waals surface area contributed by atoms with E-state index in [0.29, 0.717) is 12.1 Å². The van der Waals surface area contributed by atoms with Crippen LogP contribution in [0.4, 0.5) is 0 Å². The fourth-order valence-electron chi connectivity index (χ4n) is 1.70. The van der Waals surface area contributed by atoms with Gasteiger partial charge in [-0.05, 0) is 13.3 Å². The quantitative estimate of drug-likeness (QED) is 0.795. The highest BCUT2D eigenvalue weighted by molar-refractivity contribution is 7.09. The second-order valence-electron chi connectivity index (χ2n) is 4.01. The van der Waals surface area contributed by atoms with Crippen LogP contribution in [0.15, 0.2) is 5.38 Å². The van der Waals surface area contributed by atoms with Gasteiger partial charge in [0, 0.05) is 5.38 Å². The normalized spacial score (nSPS) is 14.4. The first kappa shape index (κ1) is 14.1. The fraction of sp³-hybridized carbons (Fsp3) is 0.667. The zero-order chi connectivity index (χ0) is 12.8. The third-order valence-corrected chi connectivity index (χ3v) is 3.49. The van der Waals surface area contributed by atoms with Gasteiger partial charge in [0.15, 0.2) is 0 Å². The van der Waals surface area contributed by atoms with Gasteiger partial charge >= 0.3 is 5.97 Å². The molecular formula is C12H19NO3S. The topological polar surface area (TPSA) is 59.4 Å². The predicted octanol–water partition coefficient (Wildman–Crippen LogP) is 2.46. The van der Waals surface area contributed by atoms with Crippen LogP contribution in [0.25, 0.3) is 0 Å². The number of thiazole rings is 1. The molecule has 5 heteroatoms. The molecule has 96 valence electrons. The number of carbonyl (C=O) groups excluding carboxylic acids is 1. The van der Waals surface area contributed by atoms with E-state index >= 15 is 0 Å². The zero-order valence-electron chi connectivity index (χ0n) is 10.5. The van der Waals surface area contributed by atoms with Crippen molar-refractivity contribution in [2.75, 3.05) is 7.11 Å². The number of nitrogens with zero attached hydrogens (tertiary/aromatic N) is 1. The molecule has 1 rings (SSSR count). The first-order chi connectivity index (χ1) is 8.10. The lowest BCUT2D eigenvalue weighted by Crippen LogP contribution is -2.24. The summed E-state index contributed by atoms with van der Waals surface area (Å²) in [5, 5.41) is 12.8. The van der Waals surface area contributed by atoms with Crippen molar-refractivity contribution < 1.29 is 14.6 Å². The molecule has 0 aliphatic carbocycles. The second kappa shape index (κ2) is 6.71. The number of carbonyl (C=O) groups is 1. The van der Waals surface area contributed by atoms with Crippen molar-refractivity contribution in [3.05, 3.63) is 16.1 Å². The molecular weight excluding hydrogens is 238 g/mol. The Labute approximate surface area is 106 Å². The summed E-state index contributed by atoms with van der Waals surface area (Å²) in [5.41, 5.74) is 0.569. The number of aliphatic hydroxyl groups excluding tert-OH is 1. The third-order valence-electron chi connectivity index (χ3n) is 2.69. The Morgan fingerprint density at radius 2 is 2.35 bits per heavy atom. The van der Waals surface area contributed by atoms with Gasteiger partial charge in [-0.2, -0.15) is 0 Å². The first-order valence-corrected chi connectivity index (χ1v) is 6.66. The first-order valence-electron chi connectivity index (χ1n) is 5.78. The number of methoxy groups -OCH3 is 1. The van der Waals surface area contributed by atoms with E-state index in [1.807, 2.05) is 13.8 Å². The van der Waals surface area contributed by atoms with Crippen LogP contribution >= 0.6 is 11.3 Å². The van der Waals surface area contributed by atoms with Crippen molar-refractivity contribution in [3.63, 3.8) is 0 Å². The number of aliphatic hydroxyl groups is 1. The maximum Gasteiger partial charge on any atom is 0.311 e. The van der Waals surface area contributed by atoms with Gasteiger partial charge in [0.25, 0.3) is 0 Å². The molecule has 2 atom stereocenters. The van der Waals surface area contributed by atoms with Crippen LogP contribution in [-0.4, -0.2) is 23.2 Å². The minimum Gasteiger partial charge on any atom is -0.469 e. The standard InChI is InChI=1S/C12H19NO3S/c1-4-5-6-9(12(15)16-3)11(14)10-7-17-8(2)13-10/h7,9,11,14H,4-6H2,1-3H3. The Kier molecular flexibility index (Phi) is 5.58. The molecule has 0 saturated carbocycles. The highest BCUT2D eigenvalue weighted by Crippen LogP contribution is 2.28. The van der Waals surface area contributed by atoms with Crippen LogP contribution in [0, 0.1) is 12.8 Å². The van der Waals surface area contributed by atoms with E-state index in [1.54, 1.807) is 5.38 Å². The van der Waals surface area contributed by atoms with Crippen molar-refractivity contribution in [1.29, 1.82) is 0 Å². The number of aryl methyl sites for hydroxylation is 1. The van der Waals surface area contributed by atoms with Crippen LogP contribution in [0.1, 0.15) is 43.0 Å². The molecule has 0 radical (unpaired) electrons. The highest BCUT2D eigenvalue weighted by atomic mass is 32.1. The van der Waals surface area contributed by atoms with E-state index < -0.39 is 12.0 Å². The maximum atomic E-state index is 11.6. The molecule has 1 N–H and O–H groups in total. The average molecular weight is 257 g/mol. The van der Waals surface area contributed by atoms with E-state index in [4.69, 9.17) is 4.74 Å². The van der Waals surface area contributed by atoms with E-state index in [2.05, 4.69) is 4.98 Å². The molecule has 4 nitrogen and oxygen atoms in total. The number of esters is 1. The molecule has 0 saturated heterocycles. The van der Waals surface area contributed by atoms with Gasteiger partial charge < -0.3 is 9.84 Å². The van der Waals surface area contributed by atoms with E-state index in [-0.39, 0.29) is 5.97 Å². The highest BCUT2D eigenvalue weighted by Gasteiger charge is 2.29. The molecule has 1 aromatic heterocycles. The molecule has 0 amide bonds. The molecule has 1 heterocycles. The number of hydrogen-bond donors (Lipinski definition) is 1. The van der Waals surface area contributed by atoms with Gasteiger partial charge in [0.2, 0.25) is 0 Å². The summed E-state index contributed by atoms with van der Waals surface area (Å²) in [6, 6.07) is 0. The lowest BCUT2D eigenvalue weighted by molar-refractivity contribution is -0.150. The minimum absolute atomic E-state index is 0.364. The molecule has 0 aliphatic rings. The molecule has 0 aromatic carbocycles. The zero-order valence-corrected chi connectivity index (χ0v) is 11.3. The van der Waals surface area contributed by atoms with E-state index in [0.717, 1.165) is 17.8 Å². The van der Waals surface area contributed by atoms with Crippen LogP contribution in [0.2, 0.25) is 0 Å². The molecule has 0 fully saturated rings. The summed E-state index contributed by atoms with van der Waals surface area (Å²) in [4.78, 5) is 15.8. The van der Waals surface area contributed by atoms with Gasteiger partial charge in [-0.25, -0.2) is 4.98 Å². The number of hydrogen-bond acceptors (Lipinski definition) is 5. The monoisotopic (exact) mass is 257 g/mol.